The van der Waals surface area contributed by atoms with E-state index in [4.69, 9.17) is 10.5 Å². The van der Waals surface area contributed by atoms with Gasteiger partial charge in [0, 0.05) is 7.05 Å². The second-order valence-electron chi connectivity index (χ2n) is 5.38. The summed E-state index contributed by atoms with van der Waals surface area (Å²) >= 11 is 3.47. The zero-order valence-electron chi connectivity index (χ0n) is 12.9. The molecular weight excluding hydrogens is 334 g/mol. The molecule has 0 amide bonds. The van der Waals surface area contributed by atoms with Crippen molar-refractivity contribution in [2.75, 3.05) is 12.8 Å². The highest BCUT2D eigenvalue weighted by atomic mass is 79.9. The topological polar surface area (TPSA) is 78.8 Å². The van der Waals surface area contributed by atoms with Crippen LogP contribution in [-0.2, 0) is 13.5 Å². The Morgan fingerprint density at radius 2 is 2.00 bits per heavy atom. The lowest BCUT2D eigenvalue weighted by molar-refractivity contribution is 0.374. The summed E-state index contributed by atoms with van der Waals surface area (Å²) in [6.45, 7) is 6.18. The smallest absolute Gasteiger partial charge is 0.222 e. The highest BCUT2D eigenvalue weighted by molar-refractivity contribution is 9.10. The Morgan fingerprint density at radius 1 is 1.33 bits per heavy atom. The van der Waals surface area contributed by atoms with Crippen molar-refractivity contribution in [2.24, 2.45) is 13.0 Å². The average molecular weight is 354 g/mol. The number of hydrogen-bond acceptors (Lipinski definition) is 5. The second kappa shape index (κ2) is 6.01. The van der Waals surface area contributed by atoms with Crippen LogP contribution in [0.3, 0.4) is 0 Å². The van der Waals surface area contributed by atoms with Crippen molar-refractivity contribution >= 4 is 21.7 Å². The van der Waals surface area contributed by atoms with E-state index in [1.54, 1.807) is 11.8 Å². The van der Waals surface area contributed by atoms with Gasteiger partial charge in [0.05, 0.1) is 23.0 Å². The molecule has 2 aromatic heterocycles. The fourth-order valence-electron chi connectivity index (χ4n) is 2.28. The van der Waals surface area contributed by atoms with E-state index in [1.807, 2.05) is 14.0 Å². The summed E-state index contributed by atoms with van der Waals surface area (Å²) in [4.78, 5) is 9.04. The standard InChI is InChI=1S/C14H20BrN5O/c1-7(2)6-9-11(15)12(16)18-13(17-9)10-8(3)19-20(4)14(10)21-5/h7H,6H2,1-5H3,(H2,16,17,18). The number of nitrogens with two attached hydrogens (primary N) is 1. The summed E-state index contributed by atoms with van der Waals surface area (Å²) < 4.78 is 7.85. The maximum Gasteiger partial charge on any atom is 0.222 e. The van der Waals surface area contributed by atoms with E-state index < -0.39 is 0 Å². The molecule has 0 aliphatic heterocycles. The minimum absolute atomic E-state index is 0.431. The lowest BCUT2D eigenvalue weighted by Crippen LogP contribution is -2.06. The Kier molecular flexibility index (Phi) is 4.51. The average Bonchev–Trinajstić information content (AvgIpc) is 2.68. The van der Waals surface area contributed by atoms with Crippen LogP contribution in [0.5, 0.6) is 5.88 Å². The molecule has 0 aliphatic rings. The van der Waals surface area contributed by atoms with Crippen molar-refractivity contribution < 1.29 is 4.74 Å². The molecule has 2 aromatic rings. The van der Waals surface area contributed by atoms with Gasteiger partial charge in [0.1, 0.15) is 11.4 Å². The number of methoxy groups -OCH3 is 1. The van der Waals surface area contributed by atoms with Crippen molar-refractivity contribution in [3.8, 4) is 17.3 Å². The Labute approximate surface area is 132 Å². The quantitative estimate of drug-likeness (QED) is 0.913. The van der Waals surface area contributed by atoms with Crippen molar-refractivity contribution in [1.82, 2.24) is 19.7 Å². The van der Waals surface area contributed by atoms with Crippen LogP contribution in [-0.4, -0.2) is 26.9 Å². The number of aryl methyl sites for hydroxylation is 2. The minimum Gasteiger partial charge on any atom is -0.481 e. The van der Waals surface area contributed by atoms with Gasteiger partial charge in [0.2, 0.25) is 5.88 Å². The van der Waals surface area contributed by atoms with Gasteiger partial charge >= 0.3 is 0 Å². The van der Waals surface area contributed by atoms with Crippen molar-refractivity contribution in [2.45, 2.75) is 27.2 Å². The van der Waals surface area contributed by atoms with Crippen LogP contribution in [0.4, 0.5) is 5.82 Å². The van der Waals surface area contributed by atoms with Crippen LogP contribution < -0.4 is 10.5 Å². The van der Waals surface area contributed by atoms with Gasteiger partial charge in [-0.2, -0.15) is 5.10 Å². The summed E-state index contributed by atoms with van der Waals surface area (Å²) in [5.74, 6) is 2.08. The molecule has 114 valence electrons. The lowest BCUT2D eigenvalue weighted by atomic mass is 10.1. The molecule has 2 rings (SSSR count). The lowest BCUT2D eigenvalue weighted by Gasteiger charge is -2.11. The van der Waals surface area contributed by atoms with Gasteiger partial charge in [0.25, 0.3) is 0 Å². The highest BCUT2D eigenvalue weighted by Crippen LogP contribution is 2.33. The molecule has 2 N–H and O–H groups in total. The molecule has 6 nitrogen and oxygen atoms in total. The van der Waals surface area contributed by atoms with Crippen LogP contribution in [0, 0.1) is 12.8 Å². The van der Waals surface area contributed by atoms with E-state index in [2.05, 4.69) is 44.8 Å². The largest absolute Gasteiger partial charge is 0.481 e. The molecule has 0 aliphatic carbocycles. The maximum atomic E-state index is 6.02. The molecule has 0 saturated heterocycles. The minimum atomic E-state index is 0.431. The summed E-state index contributed by atoms with van der Waals surface area (Å²) in [6, 6.07) is 0. The zero-order valence-corrected chi connectivity index (χ0v) is 14.5. The van der Waals surface area contributed by atoms with Crippen molar-refractivity contribution in [3.63, 3.8) is 0 Å². The third-order valence-electron chi connectivity index (χ3n) is 3.13. The molecule has 0 aromatic carbocycles. The van der Waals surface area contributed by atoms with Gasteiger partial charge in [-0.05, 0) is 35.2 Å². The number of halogens is 1. The van der Waals surface area contributed by atoms with E-state index in [0.29, 0.717) is 23.4 Å². The number of ether oxygens (including phenoxy) is 1. The molecule has 0 radical (unpaired) electrons. The third-order valence-corrected chi connectivity index (χ3v) is 4.00. The van der Waals surface area contributed by atoms with Crippen LogP contribution in [0.2, 0.25) is 0 Å². The third kappa shape index (κ3) is 3.02. The van der Waals surface area contributed by atoms with Crippen molar-refractivity contribution in [3.05, 3.63) is 15.9 Å². The van der Waals surface area contributed by atoms with E-state index >= 15 is 0 Å². The van der Waals surface area contributed by atoms with Gasteiger partial charge in [-0.3, -0.25) is 0 Å². The predicted octanol–water partition coefficient (Wildman–Crippen LogP) is 2.74. The monoisotopic (exact) mass is 353 g/mol. The number of hydrogen-bond donors (Lipinski definition) is 1. The molecule has 21 heavy (non-hydrogen) atoms. The first kappa shape index (κ1) is 15.8. The Bertz CT molecular complexity index is 666. The SMILES string of the molecule is COc1c(-c2nc(N)c(Br)c(CC(C)C)n2)c(C)nn1C. The van der Waals surface area contributed by atoms with Crippen LogP contribution in [0.15, 0.2) is 4.47 Å². The molecule has 0 fully saturated rings. The highest BCUT2D eigenvalue weighted by Gasteiger charge is 2.21. The Balaban J connectivity index is 2.62. The molecule has 0 spiro atoms. The molecular formula is C14H20BrN5O. The second-order valence-corrected chi connectivity index (χ2v) is 6.18. The number of rotatable bonds is 4. The normalized spacial score (nSPS) is 11.2. The van der Waals surface area contributed by atoms with E-state index in [-0.39, 0.29) is 0 Å². The maximum absolute atomic E-state index is 6.02. The summed E-state index contributed by atoms with van der Waals surface area (Å²) in [6.07, 6.45) is 0.821. The number of aromatic nitrogens is 4. The van der Waals surface area contributed by atoms with Gasteiger partial charge < -0.3 is 10.5 Å². The summed E-state index contributed by atoms with van der Waals surface area (Å²) in [7, 11) is 3.43. The summed E-state index contributed by atoms with van der Waals surface area (Å²) in [5.41, 5.74) is 8.51. The fraction of sp³-hybridized carbons (Fsp3) is 0.500. The van der Waals surface area contributed by atoms with Crippen molar-refractivity contribution in [1.29, 1.82) is 0 Å². The zero-order chi connectivity index (χ0) is 15.7. The Hall–Kier alpha value is -1.63. The van der Waals surface area contributed by atoms with Gasteiger partial charge in [0.15, 0.2) is 5.82 Å². The fourth-order valence-corrected chi connectivity index (χ4v) is 2.61. The van der Waals surface area contributed by atoms with E-state index in [0.717, 1.165) is 27.8 Å². The predicted molar refractivity (Wildman–Crippen MR) is 86.2 cm³/mol. The summed E-state index contributed by atoms with van der Waals surface area (Å²) in [5, 5.41) is 4.36. The van der Waals surface area contributed by atoms with Gasteiger partial charge in [-0.15, -0.1) is 0 Å². The molecule has 0 unspecified atom stereocenters. The first-order valence-electron chi connectivity index (χ1n) is 6.75. The molecule has 0 atom stereocenters. The number of nitrogen functional groups attached to an aromatic ring is 1. The van der Waals surface area contributed by atoms with Gasteiger partial charge in [-0.1, -0.05) is 13.8 Å². The first-order chi connectivity index (χ1) is 9.85. The molecule has 0 bridgehead atoms. The van der Waals surface area contributed by atoms with Gasteiger partial charge in [-0.25, -0.2) is 14.6 Å². The van der Waals surface area contributed by atoms with E-state index in [9.17, 15) is 0 Å². The van der Waals surface area contributed by atoms with Crippen LogP contribution in [0.1, 0.15) is 25.2 Å². The first-order valence-corrected chi connectivity index (χ1v) is 7.54. The number of nitrogens with zero attached hydrogens (tertiary/aromatic N) is 4. The Morgan fingerprint density at radius 3 is 2.57 bits per heavy atom. The molecule has 7 heteroatoms. The number of anilines is 1. The molecule has 0 saturated carbocycles. The van der Waals surface area contributed by atoms with E-state index in [1.165, 1.54) is 0 Å². The molecule has 2 heterocycles. The van der Waals surface area contributed by atoms with Crippen LogP contribution >= 0.6 is 15.9 Å². The van der Waals surface area contributed by atoms with Crippen LogP contribution in [0.25, 0.3) is 11.4 Å².